The fourth-order valence-electron chi connectivity index (χ4n) is 2.47. The van der Waals surface area contributed by atoms with Gasteiger partial charge in [0.25, 0.3) is 0 Å². The van der Waals surface area contributed by atoms with E-state index in [1.54, 1.807) is 4.90 Å². The molecule has 2 amide bonds. The van der Waals surface area contributed by atoms with Gasteiger partial charge in [0.15, 0.2) is 0 Å². The maximum absolute atomic E-state index is 12.0. The van der Waals surface area contributed by atoms with Crippen LogP contribution in [0.25, 0.3) is 0 Å². The van der Waals surface area contributed by atoms with Gasteiger partial charge >= 0.3 is 0 Å². The summed E-state index contributed by atoms with van der Waals surface area (Å²) in [5.41, 5.74) is 1.06. The predicted octanol–water partition coefficient (Wildman–Crippen LogP) is 1.86. The molecular formula is C16H22IN3O2. The lowest BCUT2D eigenvalue weighted by molar-refractivity contribution is -0.139. The number of nitrogens with zero attached hydrogens (tertiary/aromatic N) is 1. The van der Waals surface area contributed by atoms with Crippen molar-refractivity contribution >= 4 is 34.4 Å². The molecular weight excluding hydrogens is 393 g/mol. The van der Waals surface area contributed by atoms with Crippen LogP contribution in [-0.4, -0.2) is 36.0 Å². The van der Waals surface area contributed by atoms with Gasteiger partial charge in [0.2, 0.25) is 11.8 Å². The summed E-state index contributed by atoms with van der Waals surface area (Å²) in [6.07, 6.45) is 2.54. The van der Waals surface area contributed by atoms with Crippen LogP contribution in [0, 0.1) is 3.57 Å². The van der Waals surface area contributed by atoms with Crippen molar-refractivity contribution in [3.05, 3.63) is 33.4 Å². The smallest absolute Gasteiger partial charge is 0.239 e. The molecule has 22 heavy (non-hydrogen) atoms. The van der Waals surface area contributed by atoms with Crippen molar-refractivity contribution in [1.82, 2.24) is 15.5 Å². The quantitative estimate of drug-likeness (QED) is 0.698. The van der Waals surface area contributed by atoms with Gasteiger partial charge in [0.05, 0.1) is 6.67 Å². The molecule has 2 rings (SSSR count). The van der Waals surface area contributed by atoms with Crippen LogP contribution < -0.4 is 10.6 Å². The van der Waals surface area contributed by atoms with E-state index in [1.807, 2.05) is 24.3 Å². The molecule has 1 aromatic carbocycles. The third kappa shape index (κ3) is 5.24. The fourth-order valence-corrected chi connectivity index (χ4v) is 2.83. The molecule has 5 nitrogen and oxygen atoms in total. The molecule has 0 aliphatic carbocycles. The summed E-state index contributed by atoms with van der Waals surface area (Å²) in [4.78, 5) is 25.6. The molecule has 0 aromatic heterocycles. The van der Waals surface area contributed by atoms with Gasteiger partial charge in [-0.05, 0) is 46.7 Å². The highest BCUT2D eigenvalue weighted by molar-refractivity contribution is 14.1. The highest BCUT2D eigenvalue weighted by Gasteiger charge is 2.25. The van der Waals surface area contributed by atoms with Crippen molar-refractivity contribution < 1.29 is 9.59 Å². The van der Waals surface area contributed by atoms with E-state index in [2.05, 4.69) is 40.1 Å². The van der Waals surface area contributed by atoms with E-state index < -0.39 is 0 Å². The molecule has 0 bridgehead atoms. The lowest BCUT2D eigenvalue weighted by atomic mass is 10.1. The van der Waals surface area contributed by atoms with Crippen molar-refractivity contribution in [2.24, 2.45) is 0 Å². The Kier molecular flexibility index (Phi) is 6.63. The standard InChI is InChI=1S/C16H22IN3O2/c1-2-3-14-8-16(22)20(11-19-14)10-15(21)18-9-12-4-6-13(17)7-5-12/h4-7,14,19H,2-3,8-11H2,1H3,(H,18,21). The number of carbonyl (C=O) groups is 2. The Balaban J connectivity index is 1.75. The summed E-state index contributed by atoms with van der Waals surface area (Å²) in [5, 5.41) is 6.17. The SMILES string of the molecule is CCCC1CC(=O)N(CC(=O)NCc2ccc(I)cc2)CN1. The average Bonchev–Trinajstić information content (AvgIpc) is 2.50. The minimum atomic E-state index is -0.123. The Labute approximate surface area is 145 Å². The van der Waals surface area contributed by atoms with Gasteiger partial charge in [-0.1, -0.05) is 25.5 Å². The van der Waals surface area contributed by atoms with E-state index >= 15 is 0 Å². The molecule has 1 heterocycles. The second kappa shape index (κ2) is 8.47. The molecule has 1 fully saturated rings. The topological polar surface area (TPSA) is 61.4 Å². The van der Waals surface area contributed by atoms with Crippen LogP contribution in [-0.2, 0) is 16.1 Å². The molecule has 2 N–H and O–H groups in total. The number of carbonyl (C=O) groups excluding carboxylic acids is 2. The lowest BCUT2D eigenvalue weighted by Crippen LogP contribution is -2.53. The van der Waals surface area contributed by atoms with Crippen LogP contribution in [0.5, 0.6) is 0 Å². The molecule has 1 unspecified atom stereocenters. The largest absolute Gasteiger partial charge is 0.350 e. The van der Waals surface area contributed by atoms with Crippen molar-refractivity contribution in [3.63, 3.8) is 0 Å². The minimum Gasteiger partial charge on any atom is -0.350 e. The van der Waals surface area contributed by atoms with Crippen LogP contribution in [0.3, 0.4) is 0 Å². The van der Waals surface area contributed by atoms with E-state index in [-0.39, 0.29) is 24.4 Å². The molecule has 1 aromatic rings. The molecule has 1 aliphatic heterocycles. The highest BCUT2D eigenvalue weighted by Crippen LogP contribution is 2.10. The Bertz CT molecular complexity index is 519. The first-order valence-corrected chi connectivity index (χ1v) is 8.68. The zero-order valence-electron chi connectivity index (χ0n) is 12.8. The van der Waals surface area contributed by atoms with Crippen LogP contribution in [0.4, 0.5) is 0 Å². The summed E-state index contributed by atoms with van der Waals surface area (Å²) in [5.74, 6) is -0.0655. The van der Waals surface area contributed by atoms with Gasteiger partial charge in [-0.2, -0.15) is 0 Å². The van der Waals surface area contributed by atoms with Crippen molar-refractivity contribution in [3.8, 4) is 0 Å². The van der Waals surface area contributed by atoms with E-state index in [9.17, 15) is 9.59 Å². The molecule has 6 heteroatoms. The third-order valence-electron chi connectivity index (χ3n) is 3.72. The molecule has 0 radical (unpaired) electrons. The first kappa shape index (κ1) is 17.2. The zero-order chi connectivity index (χ0) is 15.9. The van der Waals surface area contributed by atoms with Gasteiger partial charge in [-0.15, -0.1) is 0 Å². The van der Waals surface area contributed by atoms with Gasteiger partial charge < -0.3 is 10.2 Å². The summed E-state index contributed by atoms with van der Waals surface area (Å²) < 4.78 is 1.17. The maximum Gasteiger partial charge on any atom is 0.239 e. The number of hydrogen-bond acceptors (Lipinski definition) is 3. The molecule has 1 aliphatic rings. The molecule has 1 saturated heterocycles. The van der Waals surface area contributed by atoms with Crippen LogP contribution in [0.1, 0.15) is 31.7 Å². The third-order valence-corrected chi connectivity index (χ3v) is 4.44. The second-order valence-corrected chi connectivity index (χ2v) is 6.79. The van der Waals surface area contributed by atoms with Gasteiger partial charge in [-0.25, -0.2) is 0 Å². The normalized spacial score (nSPS) is 18.4. The van der Waals surface area contributed by atoms with Gasteiger partial charge in [-0.3, -0.25) is 14.9 Å². The van der Waals surface area contributed by atoms with Crippen LogP contribution >= 0.6 is 22.6 Å². The highest BCUT2D eigenvalue weighted by atomic mass is 127. The van der Waals surface area contributed by atoms with Crippen molar-refractivity contribution in [1.29, 1.82) is 0 Å². The Morgan fingerprint density at radius 2 is 2.14 bits per heavy atom. The predicted molar refractivity (Wildman–Crippen MR) is 94.0 cm³/mol. The Hall–Kier alpha value is -1.15. The van der Waals surface area contributed by atoms with Crippen LogP contribution in [0.2, 0.25) is 0 Å². The minimum absolute atomic E-state index is 0.0571. The molecule has 120 valence electrons. The van der Waals surface area contributed by atoms with E-state index in [1.165, 1.54) is 3.57 Å². The Morgan fingerprint density at radius 1 is 1.41 bits per heavy atom. The number of nitrogens with one attached hydrogen (secondary N) is 2. The molecule has 1 atom stereocenters. The summed E-state index contributed by atoms with van der Waals surface area (Å²) in [6, 6.07) is 8.25. The molecule has 0 saturated carbocycles. The molecule has 0 spiro atoms. The second-order valence-electron chi connectivity index (χ2n) is 5.55. The van der Waals surface area contributed by atoms with Crippen LogP contribution in [0.15, 0.2) is 24.3 Å². The summed E-state index contributed by atoms with van der Waals surface area (Å²) in [7, 11) is 0. The number of amides is 2. The summed E-state index contributed by atoms with van der Waals surface area (Å²) >= 11 is 2.25. The maximum atomic E-state index is 12.0. The summed E-state index contributed by atoms with van der Waals surface area (Å²) in [6.45, 7) is 3.18. The van der Waals surface area contributed by atoms with Crippen molar-refractivity contribution in [2.45, 2.75) is 38.8 Å². The number of benzene rings is 1. The first-order valence-electron chi connectivity index (χ1n) is 7.60. The number of rotatable bonds is 6. The van der Waals surface area contributed by atoms with Crippen molar-refractivity contribution in [2.75, 3.05) is 13.2 Å². The zero-order valence-corrected chi connectivity index (χ0v) is 14.9. The lowest BCUT2D eigenvalue weighted by Gasteiger charge is -2.32. The average molecular weight is 415 g/mol. The number of hydrogen-bond donors (Lipinski definition) is 2. The fraction of sp³-hybridized carbons (Fsp3) is 0.500. The van der Waals surface area contributed by atoms with E-state index in [0.717, 1.165) is 18.4 Å². The van der Waals surface area contributed by atoms with Gasteiger partial charge in [0, 0.05) is 22.6 Å². The number of halogens is 1. The van der Waals surface area contributed by atoms with E-state index in [4.69, 9.17) is 0 Å². The monoisotopic (exact) mass is 415 g/mol. The Morgan fingerprint density at radius 3 is 2.77 bits per heavy atom. The van der Waals surface area contributed by atoms with E-state index in [0.29, 0.717) is 19.6 Å². The first-order chi connectivity index (χ1) is 10.6. The van der Waals surface area contributed by atoms with Gasteiger partial charge in [0.1, 0.15) is 6.54 Å².